The minimum Gasteiger partial charge on any atom is -0.207 e. The van der Waals surface area contributed by atoms with E-state index in [4.69, 9.17) is 0 Å². The lowest BCUT2D eigenvalue weighted by atomic mass is 10.1. The smallest absolute Gasteiger partial charge is 0.123 e. The predicted octanol–water partition coefficient (Wildman–Crippen LogP) is 3.77. The SMILES string of the molecule is Cc1cc(F)cc(C2CC2)c1Br. The predicted molar refractivity (Wildman–Crippen MR) is 50.8 cm³/mol. The Labute approximate surface area is 79.9 Å². The highest BCUT2D eigenvalue weighted by Crippen LogP contribution is 2.44. The highest BCUT2D eigenvalue weighted by Gasteiger charge is 2.26. The van der Waals surface area contributed by atoms with E-state index >= 15 is 0 Å². The Morgan fingerprint density at radius 1 is 1.42 bits per heavy atom. The van der Waals surface area contributed by atoms with Crippen molar-refractivity contribution >= 4 is 15.9 Å². The Hall–Kier alpha value is -0.370. The number of hydrogen-bond acceptors (Lipinski definition) is 0. The Morgan fingerprint density at radius 3 is 2.67 bits per heavy atom. The normalized spacial score (nSPS) is 16.6. The quantitative estimate of drug-likeness (QED) is 0.687. The van der Waals surface area contributed by atoms with E-state index in [1.807, 2.05) is 6.92 Å². The van der Waals surface area contributed by atoms with Gasteiger partial charge in [-0.1, -0.05) is 15.9 Å². The van der Waals surface area contributed by atoms with Crippen LogP contribution in [0.2, 0.25) is 0 Å². The first-order valence-corrected chi connectivity index (χ1v) is 4.93. The summed E-state index contributed by atoms with van der Waals surface area (Å²) < 4.78 is 14.1. The van der Waals surface area contributed by atoms with Crippen molar-refractivity contribution in [1.29, 1.82) is 0 Å². The summed E-state index contributed by atoms with van der Waals surface area (Å²) in [5.74, 6) is 0.492. The highest BCUT2D eigenvalue weighted by molar-refractivity contribution is 9.10. The summed E-state index contributed by atoms with van der Waals surface area (Å²) in [6.45, 7) is 1.93. The van der Waals surface area contributed by atoms with Crippen LogP contribution < -0.4 is 0 Å². The molecule has 1 aromatic rings. The van der Waals surface area contributed by atoms with E-state index in [2.05, 4.69) is 15.9 Å². The lowest BCUT2D eigenvalue weighted by Crippen LogP contribution is -1.88. The van der Waals surface area contributed by atoms with Gasteiger partial charge in [-0.05, 0) is 48.9 Å². The van der Waals surface area contributed by atoms with E-state index in [1.54, 1.807) is 12.1 Å². The minimum atomic E-state index is -0.113. The van der Waals surface area contributed by atoms with Crippen molar-refractivity contribution in [2.75, 3.05) is 0 Å². The number of benzene rings is 1. The summed E-state index contributed by atoms with van der Waals surface area (Å²) in [6.07, 6.45) is 2.42. The van der Waals surface area contributed by atoms with Crippen LogP contribution in [0.15, 0.2) is 16.6 Å². The number of halogens is 2. The summed E-state index contributed by atoms with van der Waals surface area (Å²) in [4.78, 5) is 0. The van der Waals surface area contributed by atoms with E-state index in [0.29, 0.717) is 5.92 Å². The number of rotatable bonds is 1. The van der Waals surface area contributed by atoms with Gasteiger partial charge in [0.05, 0.1) is 0 Å². The van der Waals surface area contributed by atoms with E-state index in [9.17, 15) is 4.39 Å². The molecule has 0 bridgehead atoms. The average Bonchev–Trinajstić information content (AvgIpc) is 2.79. The van der Waals surface area contributed by atoms with Gasteiger partial charge in [0.25, 0.3) is 0 Å². The molecule has 1 saturated carbocycles. The van der Waals surface area contributed by atoms with Crippen LogP contribution in [0.3, 0.4) is 0 Å². The number of aryl methyl sites for hydroxylation is 1. The summed E-state index contributed by atoms with van der Waals surface area (Å²) in [5, 5.41) is 0. The van der Waals surface area contributed by atoms with Gasteiger partial charge in [0, 0.05) is 4.47 Å². The van der Waals surface area contributed by atoms with Crippen LogP contribution in [0.1, 0.15) is 29.9 Å². The van der Waals surface area contributed by atoms with Crippen molar-refractivity contribution in [3.05, 3.63) is 33.5 Å². The van der Waals surface area contributed by atoms with E-state index < -0.39 is 0 Å². The Morgan fingerprint density at radius 2 is 2.08 bits per heavy atom. The van der Waals surface area contributed by atoms with Gasteiger partial charge in [-0.25, -0.2) is 4.39 Å². The fourth-order valence-electron chi connectivity index (χ4n) is 1.44. The molecule has 1 aliphatic carbocycles. The van der Waals surface area contributed by atoms with Gasteiger partial charge >= 0.3 is 0 Å². The van der Waals surface area contributed by atoms with Crippen LogP contribution in [-0.2, 0) is 0 Å². The van der Waals surface area contributed by atoms with Gasteiger partial charge in [-0.3, -0.25) is 0 Å². The molecule has 0 unspecified atom stereocenters. The minimum absolute atomic E-state index is 0.113. The monoisotopic (exact) mass is 228 g/mol. The molecule has 1 aromatic carbocycles. The van der Waals surface area contributed by atoms with Crippen LogP contribution in [0.25, 0.3) is 0 Å². The maximum atomic E-state index is 13.0. The number of hydrogen-bond donors (Lipinski definition) is 0. The molecule has 0 nitrogen and oxygen atoms in total. The molecule has 2 rings (SSSR count). The molecule has 0 heterocycles. The van der Waals surface area contributed by atoms with Crippen molar-refractivity contribution in [2.24, 2.45) is 0 Å². The van der Waals surface area contributed by atoms with Crippen molar-refractivity contribution < 1.29 is 4.39 Å². The zero-order valence-electron chi connectivity index (χ0n) is 6.90. The summed E-state index contributed by atoms with van der Waals surface area (Å²) in [7, 11) is 0. The van der Waals surface area contributed by atoms with Gasteiger partial charge in [0.1, 0.15) is 5.82 Å². The van der Waals surface area contributed by atoms with E-state index in [-0.39, 0.29) is 5.82 Å². The van der Waals surface area contributed by atoms with E-state index in [1.165, 1.54) is 12.8 Å². The van der Waals surface area contributed by atoms with Crippen LogP contribution in [-0.4, -0.2) is 0 Å². The summed E-state index contributed by atoms with van der Waals surface area (Å²) in [6, 6.07) is 3.21. The van der Waals surface area contributed by atoms with Gasteiger partial charge in [-0.2, -0.15) is 0 Å². The largest absolute Gasteiger partial charge is 0.207 e. The molecule has 0 atom stereocenters. The third-order valence-corrected chi connectivity index (χ3v) is 3.35. The molecule has 0 amide bonds. The molecule has 1 aliphatic rings. The first kappa shape index (κ1) is 8.24. The third-order valence-electron chi connectivity index (χ3n) is 2.26. The molecule has 12 heavy (non-hydrogen) atoms. The zero-order chi connectivity index (χ0) is 8.72. The lowest BCUT2D eigenvalue weighted by Gasteiger charge is -2.05. The second kappa shape index (κ2) is 2.84. The maximum absolute atomic E-state index is 13.0. The van der Waals surface area contributed by atoms with Crippen molar-refractivity contribution in [1.82, 2.24) is 0 Å². The van der Waals surface area contributed by atoms with E-state index in [0.717, 1.165) is 15.6 Å². The first-order chi connectivity index (χ1) is 5.68. The van der Waals surface area contributed by atoms with Gasteiger partial charge in [0.15, 0.2) is 0 Å². The second-order valence-corrected chi connectivity index (χ2v) is 4.19. The Bertz CT molecular complexity index is 316. The van der Waals surface area contributed by atoms with Gasteiger partial charge in [0.2, 0.25) is 0 Å². The molecule has 0 radical (unpaired) electrons. The lowest BCUT2D eigenvalue weighted by molar-refractivity contribution is 0.623. The maximum Gasteiger partial charge on any atom is 0.123 e. The highest BCUT2D eigenvalue weighted by atomic mass is 79.9. The molecule has 0 aromatic heterocycles. The van der Waals surface area contributed by atoms with Gasteiger partial charge < -0.3 is 0 Å². The summed E-state index contributed by atoms with van der Waals surface area (Å²) >= 11 is 3.49. The molecule has 0 aliphatic heterocycles. The third kappa shape index (κ3) is 1.40. The Balaban J connectivity index is 2.51. The van der Waals surface area contributed by atoms with Crippen molar-refractivity contribution in [2.45, 2.75) is 25.7 Å². The summed E-state index contributed by atoms with van der Waals surface area (Å²) in [5.41, 5.74) is 2.14. The van der Waals surface area contributed by atoms with Crippen molar-refractivity contribution in [3.8, 4) is 0 Å². The molecular formula is C10H10BrF. The standard InChI is InChI=1S/C10H10BrF/c1-6-4-8(12)5-9(10(6)11)7-2-3-7/h4-5,7H,2-3H2,1H3. The van der Waals surface area contributed by atoms with Crippen LogP contribution >= 0.6 is 15.9 Å². The average molecular weight is 229 g/mol. The second-order valence-electron chi connectivity index (χ2n) is 3.40. The molecule has 0 N–H and O–H groups in total. The molecule has 0 spiro atoms. The fraction of sp³-hybridized carbons (Fsp3) is 0.400. The zero-order valence-corrected chi connectivity index (χ0v) is 8.49. The Kier molecular flexibility index (Phi) is 1.95. The molecular weight excluding hydrogens is 219 g/mol. The van der Waals surface area contributed by atoms with Crippen LogP contribution in [0.4, 0.5) is 4.39 Å². The molecule has 1 fully saturated rings. The van der Waals surface area contributed by atoms with Crippen LogP contribution in [0, 0.1) is 12.7 Å². The fourth-order valence-corrected chi connectivity index (χ4v) is 2.00. The first-order valence-electron chi connectivity index (χ1n) is 4.14. The topological polar surface area (TPSA) is 0 Å². The molecule has 0 saturated heterocycles. The van der Waals surface area contributed by atoms with Crippen LogP contribution in [0.5, 0.6) is 0 Å². The molecule has 2 heteroatoms. The van der Waals surface area contributed by atoms with Gasteiger partial charge in [-0.15, -0.1) is 0 Å². The van der Waals surface area contributed by atoms with Crippen molar-refractivity contribution in [3.63, 3.8) is 0 Å². The molecule has 64 valence electrons.